The van der Waals surface area contributed by atoms with Crippen molar-refractivity contribution >= 4 is 78.6 Å². The number of imide groups is 1. The van der Waals surface area contributed by atoms with Gasteiger partial charge in [-0.05, 0) is 148 Å². The van der Waals surface area contributed by atoms with Crippen molar-refractivity contribution in [1.82, 2.24) is 40.2 Å². The number of hydrogen-bond donors (Lipinski definition) is 4. The summed E-state index contributed by atoms with van der Waals surface area (Å²) in [5.74, 6) is 1.71. The maximum atomic E-state index is 14.4. The van der Waals surface area contributed by atoms with Gasteiger partial charge < -0.3 is 15.5 Å². The number of para-hydroxylation sites is 1. The van der Waals surface area contributed by atoms with Gasteiger partial charge in [-0.3, -0.25) is 44.0 Å². The van der Waals surface area contributed by atoms with Crippen LogP contribution in [0, 0.1) is 30.1 Å². The lowest BCUT2D eigenvalue weighted by Gasteiger charge is -2.33. The molecule has 398 valence electrons. The van der Waals surface area contributed by atoms with E-state index >= 15 is 0 Å². The van der Waals surface area contributed by atoms with Crippen LogP contribution in [-0.2, 0) is 40.9 Å². The smallest absolute Gasteiger partial charge is 0.270 e. The molecule has 13 rings (SSSR count). The van der Waals surface area contributed by atoms with Crippen molar-refractivity contribution in [1.29, 1.82) is 0 Å². The molecule has 2 aliphatic heterocycles. The van der Waals surface area contributed by atoms with Crippen LogP contribution >= 0.6 is 11.3 Å². The summed E-state index contributed by atoms with van der Waals surface area (Å²) in [6.45, 7) is 4.77. The van der Waals surface area contributed by atoms with E-state index in [1.807, 2.05) is 80.0 Å². The highest BCUT2D eigenvalue weighted by Crippen LogP contribution is 2.66. The molecule has 6 aliphatic rings. The third kappa shape index (κ3) is 10.3. The first-order chi connectivity index (χ1) is 37.4. The molecule has 17 heteroatoms. The van der Waals surface area contributed by atoms with Crippen LogP contribution < -0.4 is 26.2 Å². The van der Waals surface area contributed by atoms with Crippen LogP contribution in [0.4, 0.5) is 16.6 Å². The molecular formula is C60H67N11O5S. The second-order valence-corrected chi connectivity index (χ2v) is 23.6. The van der Waals surface area contributed by atoms with Crippen LogP contribution in [0.1, 0.15) is 146 Å². The first kappa shape index (κ1) is 50.5. The number of anilines is 3. The summed E-state index contributed by atoms with van der Waals surface area (Å²) in [5.41, 5.74) is 9.18. The molecule has 7 aromatic rings. The van der Waals surface area contributed by atoms with Crippen LogP contribution in [-0.4, -0.2) is 72.2 Å². The fourth-order valence-corrected chi connectivity index (χ4v) is 14.7. The average molecular weight is 1050 g/mol. The van der Waals surface area contributed by atoms with Crippen molar-refractivity contribution in [2.75, 3.05) is 28.6 Å². The Balaban J connectivity index is 0.656. The van der Waals surface area contributed by atoms with E-state index in [0.717, 1.165) is 125 Å². The number of amides is 5. The summed E-state index contributed by atoms with van der Waals surface area (Å²) in [6, 6.07) is 23.5. The molecule has 5 fully saturated rings. The zero-order valence-corrected chi connectivity index (χ0v) is 44.9. The van der Waals surface area contributed by atoms with Gasteiger partial charge in [-0.25, -0.2) is 9.97 Å². The van der Waals surface area contributed by atoms with Crippen molar-refractivity contribution in [3.05, 3.63) is 113 Å². The first-order valence-electron chi connectivity index (χ1n) is 27.9. The number of carbonyl (C=O) groups is 5. The Kier molecular flexibility index (Phi) is 14.0. The number of aromatic nitrogens is 6. The van der Waals surface area contributed by atoms with Gasteiger partial charge in [0, 0.05) is 79.5 Å². The molecule has 0 radical (unpaired) electrons. The Hall–Kier alpha value is -7.27. The standard InChI is InChI=1S/C60H67N11O5S/c1-36-46(33-62-71(36)35-60-31-37-27-38(32-60)29-40(60)28-37)42-20-22-51(70-26-24-39-13-12-14-43(47(39)34-70)56(74)67-59-64-48-15-9-10-16-50(48)77-59)65-55(42)58(76)61-25-11-7-5-3-4-6-8-17-52(72)63-41-18-19-44-49(30-41)69(2)68-54(44)45-21-23-53(73)66-57(45)75/h9-10,12-16,18-20,22,30,33,37-38,40,45H,3-8,11,17,21,23-29,31-32,34-35H2,1-2H3,(H,61,76)(H,63,72)(H,64,67,74)(H,66,73,75). The van der Waals surface area contributed by atoms with Gasteiger partial charge in [-0.1, -0.05) is 67.7 Å². The van der Waals surface area contributed by atoms with Crippen LogP contribution in [0.25, 0.3) is 32.2 Å². The lowest BCUT2D eigenvalue weighted by atomic mass is 9.75. The average Bonchev–Trinajstić information content (AvgIpc) is 4.34. The Morgan fingerprint density at radius 2 is 1.64 bits per heavy atom. The number of benzene rings is 3. The molecule has 6 heterocycles. The summed E-state index contributed by atoms with van der Waals surface area (Å²) in [5, 5.41) is 22.7. The zero-order valence-electron chi connectivity index (χ0n) is 44.0. The topological polar surface area (TPSA) is 198 Å². The monoisotopic (exact) mass is 1050 g/mol. The number of piperidine rings is 1. The van der Waals surface area contributed by atoms with Crippen molar-refractivity contribution in [3.8, 4) is 11.1 Å². The van der Waals surface area contributed by atoms with E-state index in [1.54, 1.807) is 4.68 Å². The molecule has 16 nitrogen and oxygen atoms in total. The number of nitrogens with zero attached hydrogens (tertiary/aromatic N) is 7. The second kappa shape index (κ2) is 21.3. The highest BCUT2D eigenvalue weighted by atomic mass is 32.1. The van der Waals surface area contributed by atoms with E-state index in [-0.39, 0.29) is 36.0 Å². The van der Waals surface area contributed by atoms with Gasteiger partial charge >= 0.3 is 0 Å². The van der Waals surface area contributed by atoms with Crippen molar-refractivity contribution < 1.29 is 24.0 Å². The fourth-order valence-electron chi connectivity index (χ4n) is 13.9. The Morgan fingerprint density at radius 1 is 0.831 bits per heavy atom. The number of nitrogens with one attached hydrogen (secondary N) is 4. The summed E-state index contributed by atoms with van der Waals surface area (Å²) in [4.78, 5) is 77.5. The van der Waals surface area contributed by atoms with E-state index in [2.05, 4.69) is 53.9 Å². The molecule has 4 aliphatic carbocycles. The number of rotatable bonds is 19. The number of carbonyl (C=O) groups excluding carboxylic acids is 5. The largest absolute Gasteiger partial charge is 0.352 e. The highest BCUT2D eigenvalue weighted by molar-refractivity contribution is 7.22. The first-order valence-corrected chi connectivity index (χ1v) is 28.7. The maximum absolute atomic E-state index is 14.4. The SMILES string of the molecule is Cc1c(-c2ccc(N3CCc4cccc(C(=O)Nc5nc6ccccc6s5)c4C3)nc2C(=O)NCCCCCCCCCC(=O)Nc2ccc3c(C4CCC(=O)NC4=O)nn(C)c3c2)cnn1CC12CC3CC(CC1C3)C2. The predicted molar refractivity (Wildman–Crippen MR) is 299 cm³/mol. The van der Waals surface area contributed by atoms with Crippen molar-refractivity contribution in [2.45, 2.75) is 129 Å². The highest BCUT2D eigenvalue weighted by Gasteiger charge is 2.57. The lowest BCUT2D eigenvalue weighted by Crippen LogP contribution is -2.39. The Morgan fingerprint density at radius 3 is 2.45 bits per heavy atom. The lowest BCUT2D eigenvalue weighted by molar-refractivity contribution is -0.134. The number of pyridine rings is 1. The van der Waals surface area contributed by atoms with E-state index in [4.69, 9.17) is 10.1 Å². The molecule has 0 spiro atoms. The molecule has 5 amide bonds. The molecule has 4 saturated carbocycles. The Bertz CT molecular complexity index is 3400. The van der Waals surface area contributed by atoms with Gasteiger partial charge in [0.2, 0.25) is 17.7 Å². The third-order valence-electron chi connectivity index (χ3n) is 17.6. The van der Waals surface area contributed by atoms with Gasteiger partial charge in [0.05, 0.1) is 33.5 Å². The number of unbranched alkanes of at least 4 members (excludes halogenated alkanes) is 6. The third-order valence-corrected chi connectivity index (χ3v) is 18.5. The zero-order chi connectivity index (χ0) is 52.8. The van der Waals surface area contributed by atoms with Crippen LogP contribution in [0.2, 0.25) is 0 Å². The van der Waals surface area contributed by atoms with E-state index in [1.165, 1.54) is 43.4 Å². The summed E-state index contributed by atoms with van der Waals surface area (Å²) in [6.07, 6.45) is 17.2. The quantitative estimate of drug-likeness (QED) is 0.0447. The van der Waals surface area contributed by atoms with Gasteiger partial charge in [-0.15, -0.1) is 0 Å². The molecule has 3 aromatic carbocycles. The van der Waals surface area contributed by atoms with Gasteiger partial charge in [0.25, 0.3) is 11.8 Å². The predicted octanol–water partition coefficient (Wildman–Crippen LogP) is 10.4. The van der Waals surface area contributed by atoms with Crippen molar-refractivity contribution in [2.24, 2.45) is 30.2 Å². The molecule has 1 saturated heterocycles. The van der Waals surface area contributed by atoms with E-state index in [0.29, 0.717) is 71.5 Å². The number of hydrogen-bond acceptors (Lipinski definition) is 11. The number of fused-ring (bicyclic) bond motifs is 3. The molecular weight excluding hydrogens is 987 g/mol. The van der Waals surface area contributed by atoms with Crippen LogP contribution in [0.15, 0.2) is 79.0 Å². The second-order valence-electron chi connectivity index (χ2n) is 22.6. The van der Waals surface area contributed by atoms with Gasteiger partial charge in [-0.2, -0.15) is 10.2 Å². The summed E-state index contributed by atoms with van der Waals surface area (Å²) in [7, 11) is 1.81. The molecule has 4 bridgehead atoms. The number of thiazole rings is 1. The van der Waals surface area contributed by atoms with Crippen molar-refractivity contribution in [3.63, 3.8) is 0 Å². The summed E-state index contributed by atoms with van der Waals surface area (Å²) < 4.78 is 4.94. The van der Waals surface area contributed by atoms with E-state index in [9.17, 15) is 24.0 Å². The van der Waals surface area contributed by atoms with E-state index < -0.39 is 5.92 Å². The normalized spacial score (nSPS) is 21.5. The number of aryl methyl sites for hydroxylation is 1. The van der Waals surface area contributed by atoms with Crippen LogP contribution in [0.5, 0.6) is 0 Å². The molecule has 77 heavy (non-hydrogen) atoms. The summed E-state index contributed by atoms with van der Waals surface area (Å²) >= 11 is 1.46. The van der Waals surface area contributed by atoms with Gasteiger partial charge in [0.1, 0.15) is 11.5 Å². The minimum Gasteiger partial charge on any atom is -0.352 e. The molecule has 3 unspecified atom stereocenters. The maximum Gasteiger partial charge on any atom is 0.270 e. The molecule has 4 aromatic heterocycles. The van der Waals surface area contributed by atoms with Crippen LogP contribution in [0.3, 0.4) is 0 Å². The minimum atomic E-state index is -0.483. The van der Waals surface area contributed by atoms with Gasteiger partial charge in [0.15, 0.2) is 5.13 Å². The molecule has 3 atom stereocenters. The Labute approximate surface area is 452 Å². The molecule has 4 N–H and O–H groups in total. The fraction of sp³-hybridized carbons (Fsp3) is 0.450. The minimum absolute atomic E-state index is 0.0427.